The molecule has 0 aliphatic heterocycles. The Kier molecular flexibility index (Phi) is 5.35. The van der Waals surface area contributed by atoms with E-state index in [9.17, 15) is 9.59 Å². The summed E-state index contributed by atoms with van der Waals surface area (Å²) in [5.74, 6) is -0.229. The molecule has 0 atom stereocenters. The zero-order valence-electron chi connectivity index (χ0n) is 13.9. The molecule has 0 aliphatic carbocycles. The normalized spacial score (nSPS) is 10.6. The standard InChI is InChI=1S/C18H17N3O2S2/c1-11-10-14(12(2)24-11)15(22)8-9-16(23)19-18-21-20-17(25-18)13-6-4-3-5-7-13/h3-7,10H,8-9H2,1-2H3,(H,19,21,23). The molecule has 0 spiro atoms. The van der Waals surface area contributed by atoms with Crippen LogP contribution in [0.25, 0.3) is 10.6 Å². The first-order valence-corrected chi connectivity index (χ1v) is 9.45. The van der Waals surface area contributed by atoms with Crippen LogP contribution in [0.15, 0.2) is 36.4 Å². The van der Waals surface area contributed by atoms with Crippen LogP contribution in [0.2, 0.25) is 0 Å². The highest BCUT2D eigenvalue weighted by Gasteiger charge is 2.15. The van der Waals surface area contributed by atoms with Crippen molar-refractivity contribution < 1.29 is 9.59 Å². The van der Waals surface area contributed by atoms with Gasteiger partial charge >= 0.3 is 0 Å². The van der Waals surface area contributed by atoms with Gasteiger partial charge in [0.1, 0.15) is 5.01 Å². The quantitative estimate of drug-likeness (QED) is 0.648. The minimum absolute atomic E-state index is 0.000705. The van der Waals surface area contributed by atoms with Gasteiger partial charge in [-0.15, -0.1) is 21.5 Å². The Bertz CT molecular complexity index is 900. The van der Waals surface area contributed by atoms with Crippen molar-refractivity contribution in [3.05, 3.63) is 51.7 Å². The number of aryl methyl sites for hydroxylation is 2. The van der Waals surface area contributed by atoms with Crippen molar-refractivity contribution in [2.24, 2.45) is 0 Å². The summed E-state index contributed by atoms with van der Waals surface area (Å²) in [6.07, 6.45) is 0.320. The number of ketones is 1. The van der Waals surface area contributed by atoms with Gasteiger partial charge in [0.15, 0.2) is 5.78 Å². The molecule has 3 aromatic rings. The minimum Gasteiger partial charge on any atom is -0.301 e. The molecule has 1 N–H and O–H groups in total. The molecule has 0 saturated carbocycles. The number of aromatic nitrogens is 2. The third-order valence-corrected chi connectivity index (χ3v) is 5.47. The van der Waals surface area contributed by atoms with E-state index >= 15 is 0 Å². The van der Waals surface area contributed by atoms with E-state index in [1.165, 1.54) is 11.3 Å². The number of hydrogen-bond acceptors (Lipinski definition) is 6. The first-order chi connectivity index (χ1) is 12.0. The lowest BCUT2D eigenvalue weighted by Crippen LogP contribution is -2.13. The second-order valence-electron chi connectivity index (χ2n) is 5.58. The van der Waals surface area contributed by atoms with Crippen LogP contribution in [0.1, 0.15) is 33.0 Å². The molecular weight excluding hydrogens is 354 g/mol. The van der Waals surface area contributed by atoms with Crippen molar-refractivity contribution in [3.8, 4) is 10.6 Å². The van der Waals surface area contributed by atoms with Crippen molar-refractivity contribution in [3.63, 3.8) is 0 Å². The van der Waals surface area contributed by atoms with Gasteiger partial charge in [-0.25, -0.2) is 0 Å². The van der Waals surface area contributed by atoms with Gasteiger partial charge in [-0.1, -0.05) is 41.7 Å². The number of amides is 1. The van der Waals surface area contributed by atoms with Crippen LogP contribution in [-0.4, -0.2) is 21.9 Å². The van der Waals surface area contributed by atoms with Crippen LogP contribution in [0.5, 0.6) is 0 Å². The number of rotatable bonds is 6. The molecular formula is C18H17N3O2S2. The molecule has 3 rings (SSSR count). The van der Waals surface area contributed by atoms with E-state index in [1.807, 2.05) is 50.2 Å². The molecule has 1 amide bonds. The number of nitrogens with one attached hydrogen (secondary N) is 1. The van der Waals surface area contributed by atoms with Gasteiger partial charge in [0, 0.05) is 33.7 Å². The molecule has 0 aliphatic rings. The van der Waals surface area contributed by atoms with Gasteiger partial charge in [0.05, 0.1) is 0 Å². The van der Waals surface area contributed by atoms with Crippen molar-refractivity contribution in [2.45, 2.75) is 26.7 Å². The van der Waals surface area contributed by atoms with Gasteiger partial charge in [0.25, 0.3) is 0 Å². The van der Waals surface area contributed by atoms with Gasteiger partial charge in [-0.05, 0) is 19.9 Å². The summed E-state index contributed by atoms with van der Waals surface area (Å²) in [6.45, 7) is 3.90. The number of carbonyl (C=O) groups excluding carboxylic acids is 2. The van der Waals surface area contributed by atoms with Gasteiger partial charge in [-0.2, -0.15) is 0 Å². The highest BCUT2D eigenvalue weighted by molar-refractivity contribution is 7.18. The number of nitrogens with zero attached hydrogens (tertiary/aromatic N) is 2. The van der Waals surface area contributed by atoms with E-state index in [2.05, 4.69) is 15.5 Å². The first kappa shape index (κ1) is 17.4. The fraction of sp³-hybridized carbons (Fsp3) is 0.222. The summed E-state index contributed by atoms with van der Waals surface area (Å²) in [5, 5.41) is 12.0. The molecule has 128 valence electrons. The fourth-order valence-corrected chi connectivity index (χ4v) is 4.13. The largest absolute Gasteiger partial charge is 0.301 e. The van der Waals surface area contributed by atoms with Gasteiger partial charge in [-0.3, -0.25) is 9.59 Å². The van der Waals surface area contributed by atoms with Crippen LogP contribution in [0.4, 0.5) is 5.13 Å². The maximum Gasteiger partial charge on any atom is 0.226 e. The predicted molar refractivity (Wildman–Crippen MR) is 101 cm³/mol. The topological polar surface area (TPSA) is 72.0 Å². The van der Waals surface area contributed by atoms with Crippen molar-refractivity contribution in [1.29, 1.82) is 0 Å². The van der Waals surface area contributed by atoms with Crippen LogP contribution in [-0.2, 0) is 4.79 Å². The Balaban J connectivity index is 1.55. The number of anilines is 1. The van der Waals surface area contributed by atoms with Crippen molar-refractivity contribution in [1.82, 2.24) is 10.2 Å². The average Bonchev–Trinajstić information content (AvgIpc) is 3.19. The van der Waals surface area contributed by atoms with Crippen LogP contribution < -0.4 is 5.32 Å². The number of benzene rings is 1. The van der Waals surface area contributed by atoms with Crippen LogP contribution in [0, 0.1) is 13.8 Å². The van der Waals surface area contributed by atoms with Crippen LogP contribution in [0.3, 0.4) is 0 Å². The zero-order valence-corrected chi connectivity index (χ0v) is 15.5. The van der Waals surface area contributed by atoms with Crippen molar-refractivity contribution in [2.75, 3.05) is 5.32 Å². The van der Waals surface area contributed by atoms with E-state index in [4.69, 9.17) is 0 Å². The zero-order chi connectivity index (χ0) is 17.8. The molecule has 0 fully saturated rings. The minimum atomic E-state index is -0.228. The molecule has 25 heavy (non-hydrogen) atoms. The molecule has 5 nitrogen and oxygen atoms in total. The molecule has 2 heterocycles. The molecule has 7 heteroatoms. The van der Waals surface area contributed by atoms with Gasteiger partial charge < -0.3 is 5.32 Å². The summed E-state index contributed by atoms with van der Waals surface area (Å²) in [7, 11) is 0. The second-order valence-corrected chi connectivity index (χ2v) is 8.01. The summed E-state index contributed by atoms with van der Waals surface area (Å²) in [5.41, 5.74) is 1.68. The van der Waals surface area contributed by atoms with Crippen LogP contribution >= 0.6 is 22.7 Å². The molecule has 2 aromatic heterocycles. The molecule has 0 saturated heterocycles. The Morgan fingerprint density at radius 1 is 1.04 bits per heavy atom. The SMILES string of the molecule is Cc1cc(C(=O)CCC(=O)Nc2nnc(-c3ccccc3)s2)c(C)s1. The Morgan fingerprint density at radius 3 is 2.48 bits per heavy atom. The highest BCUT2D eigenvalue weighted by Crippen LogP contribution is 2.26. The lowest BCUT2D eigenvalue weighted by Gasteiger charge is -2.01. The number of Topliss-reactive ketones (excluding diaryl/α,β-unsaturated/α-hetero) is 1. The fourth-order valence-electron chi connectivity index (χ4n) is 2.42. The summed E-state index contributed by atoms with van der Waals surface area (Å²) >= 11 is 2.91. The Hall–Kier alpha value is -2.38. The summed E-state index contributed by atoms with van der Waals surface area (Å²) in [4.78, 5) is 26.4. The molecule has 0 radical (unpaired) electrons. The molecule has 0 unspecified atom stereocenters. The first-order valence-electron chi connectivity index (χ1n) is 7.82. The smallest absolute Gasteiger partial charge is 0.226 e. The van der Waals surface area contributed by atoms with E-state index in [0.717, 1.165) is 25.9 Å². The van der Waals surface area contributed by atoms with E-state index in [-0.39, 0.29) is 24.5 Å². The number of carbonyl (C=O) groups is 2. The van der Waals surface area contributed by atoms with Crippen molar-refractivity contribution >= 4 is 39.5 Å². The predicted octanol–water partition coefficient (Wildman–Crippen LogP) is 4.49. The summed E-state index contributed by atoms with van der Waals surface area (Å²) < 4.78 is 0. The van der Waals surface area contributed by atoms with Gasteiger partial charge in [0.2, 0.25) is 11.0 Å². The molecule has 0 bridgehead atoms. The lowest BCUT2D eigenvalue weighted by molar-refractivity contribution is -0.116. The second kappa shape index (κ2) is 7.67. The lowest BCUT2D eigenvalue weighted by atomic mass is 10.1. The van der Waals surface area contributed by atoms with E-state index in [0.29, 0.717) is 5.13 Å². The van der Waals surface area contributed by atoms with E-state index in [1.54, 1.807) is 11.3 Å². The maximum atomic E-state index is 12.2. The highest BCUT2D eigenvalue weighted by atomic mass is 32.1. The summed E-state index contributed by atoms with van der Waals surface area (Å²) in [6, 6.07) is 11.5. The maximum absolute atomic E-state index is 12.2. The third kappa shape index (κ3) is 4.37. The Morgan fingerprint density at radius 2 is 1.80 bits per heavy atom. The number of thiophene rings is 1. The monoisotopic (exact) mass is 371 g/mol. The number of hydrogen-bond donors (Lipinski definition) is 1. The average molecular weight is 371 g/mol. The molecule has 1 aromatic carbocycles. The Labute approximate surface area is 153 Å². The van der Waals surface area contributed by atoms with E-state index < -0.39 is 0 Å². The third-order valence-electron chi connectivity index (χ3n) is 3.61.